The van der Waals surface area contributed by atoms with E-state index in [2.05, 4.69) is 17.3 Å². The third-order valence-electron chi connectivity index (χ3n) is 2.49. The fourth-order valence-corrected chi connectivity index (χ4v) is 1.99. The SMILES string of the molecule is CN1CC2C[N-]CC2C1.[Y]. The standard InChI is InChI=1S/C7H13N2.Y/c1-9-4-6-2-8-3-7(6)5-9;/h6-7H,2-5H2,1H3;/q-1;. The number of fused-ring (bicyclic) bond motifs is 1. The average molecular weight is 214 g/mol. The molecule has 0 aliphatic carbocycles. The van der Waals surface area contributed by atoms with E-state index in [4.69, 9.17) is 0 Å². The average Bonchev–Trinajstić information content (AvgIpc) is 2.22. The minimum atomic E-state index is 0. The first-order valence-electron chi connectivity index (χ1n) is 3.68. The Kier molecular flexibility index (Phi) is 3.30. The van der Waals surface area contributed by atoms with Gasteiger partial charge in [-0.15, -0.1) is 13.1 Å². The Labute approximate surface area is 87.6 Å². The van der Waals surface area contributed by atoms with E-state index in [1.807, 2.05) is 0 Å². The normalized spacial score (nSPS) is 39.3. The van der Waals surface area contributed by atoms with E-state index in [1.165, 1.54) is 13.1 Å². The summed E-state index contributed by atoms with van der Waals surface area (Å²) in [6.07, 6.45) is 0. The van der Waals surface area contributed by atoms with Gasteiger partial charge in [0.05, 0.1) is 0 Å². The first kappa shape index (κ1) is 9.11. The van der Waals surface area contributed by atoms with Crippen LogP contribution in [0.2, 0.25) is 0 Å². The molecule has 2 heterocycles. The largest absolute Gasteiger partial charge is 0.662 e. The van der Waals surface area contributed by atoms with Gasteiger partial charge >= 0.3 is 0 Å². The third-order valence-corrected chi connectivity index (χ3v) is 2.49. The van der Waals surface area contributed by atoms with Crippen LogP contribution in [0.4, 0.5) is 0 Å². The Hall–Kier alpha value is 1.02. The number of likely N-dealkylation sites (tertiary alicyclic amines) is 1. The molecule has 0 bridgehead atoms. The van der Waals surface area contributed by atoms with Crippen molar-refractivity contribution in [3.05, 3.63) is 5.32 Å². The summed E-state index contributed by atoms with van der Waals surface area (Å²) in [5.41, 5.74) is 0. The van der Waals surface area contributed by atoms with Gasteiger partial charge in [0.15, 0.2) is 0 Å². The third kappa shape index (κ3) is 1.61. The second kappa shape index (κ2) is 3.62. The molecule has 1 radical (unpaired) electrons. The molecule has 2 aliphatic heterocycles. The molecular formula is C7H13N2Y-. The molecule has 2 nitrogen and oxygen atoms in total. The monoisotopic (exact) mass is 214 g/mol. The molecule has 0 spiro atoms. The Morgan fingerprint density at radius 2 is 1.70 bits per heavy atom. The van der Waals surface area contributed by atoms with Gasteiger partial charge in [-0.1, -0.05) is 0 Å². The smallest absolute Gasteiger partial charge is 0 e. The molecule has 2 unspecified atom stereocenters. The van der Waals surface area contributed by atoms with Crippen molar-refractivity contribution in [2.24, 2.45) is 11.8 Å². The summed E-state index contributed by atoms with van der Waals surface area (Å²) < 4.78 is 0. The molecule has 55 valence electrons. The number of nitrogens with zero attached hydrogens (tertiary/aromatic N) is 2. The summed E-state index contributed by atoms with van der Waals surface area (Å²) in [6, 6.07) is 0. The van der Waals surface area contributed by atoms with Crippen LogP contribution >= 0.6 is 0 Å². The van der Waals surface area contributed by atoms with Crippen molar-refractivity contribution in [1.29, 1.82) is 0 Å². The molecule has 2 aliphatic rings. The molecule has 3 heteroatoms. The number of rotatable bonds is 0. The van der Waals surface area contributed by atoms with Crippen molar-refractivity contribution in [2.45, 2.75) is 0 Å². The minimum Gasteiger partial charge on any atom is -0.662 e. The maximum absolute atomic E-state index is 4.38. The van der Waals surface area contributed by atoms with Crippen molar-refractivity contribution in [3.63, 3.8) is 0 Å². The molecule has 0 N–H and O–H groups in total. The maximum atomic E-state index is 4.38. The van der Waals surface area contributed by atoms with E-state index < -0.39 is 0 Å². The Morgan fingerprint density at radius 1 is 1.20 bits per heavy atom. The van der Waals surface area contributed by atoms with Crippen LogP contribution in [0.15, 0.2) is 0 Å². The predicted molar refractivity (Wildman–Crippen MR) is 37.6 cm³/mol. The fourth-order valence-electron chi connectivity index (χ4n) is 1.99. The Balaban J connectivity index is 0.000000500. The van der Waals surface area contributed by atoms with Crippen LogP contribution in [0.5, 0.6) is 0 Å². The van der Waals surface area contributed by atoms with Crippen molar-refractivity contribution < 1.29 is 32.7 Å². The quantitative estimate of drug-likeness (QED) is 0.575. The van der Waals surface area contributed by atoms with Crippen LogP contribution in [0.1, 0.15) is 0 Å². The second-order valence-electron chi connectivity index (χ2n) is 3.33. The molecule has 2 atom stereocenters. The number of hydrogen-bond acceptors (Lipinski definition) is 1. The van der Waals surface area contributed by atoms with Gasteiger partial charge in [-0.25, -0.2) is 0 Å². The van der Waals surface area contributed by atoms with Crippen LogP contribution < -0.4 is 0 Å². The van der Waals surface area contributed by atoms with E-state index in [-0.39, 0.29) is 32.7 Å². The van der Waals surface area contributed by atoms with Gasteiger partial charge in [0, 0.05) is 32.7 Å². The molecule has 0 aromatic heterocycles. The minimum absolute atomic E-state index is 0. The van der Waals surface area contributed by atoms with E-state index in [0.717, 1.165) is 24.9 Å². The van der Waals surface area contributed by atoms with E-state index in [0.29, 0.717) is 0 Å². The molecule has 2 fully saturated rings. The fraction of sp³-hybridized carbons (Fsp3) is 1.00. The molecule has 2 saturated heterocycles. The Bertz CT molecular complexity index is 106. The Morgan fingerprint density at radius 3 is 2.20 bits per heavy atom. The molecule has 0 amide bonds. The molecule has 0 aromatic rings. The van der Waals surface area contributed by atoms with Crippen molar-refractivity contribution in [1.82, 2.24) is 4.90 Å². The summed E-state index contributed by atoms with van der Waals surface area (Å²) in [7, 11) is 2.21. The zero-order valence-corrected chi connectivity index (χ0v) is 9.29. The van der Waals surface area contributed by atoms with E-state index >= 15 is 0 Å². The zero-order valence-electron chi connectivity index (χ0n) is 6.45. The molecule has 0 saturated carbocycles. The van der Waals surface area contributed by atoms with Crippen LogP contribution in [0, 0.1) is 11.8 Å². The van der Waals surface area contributed by atoms with Crippen LogP contribution in [0.25, 0.3) is 5.32 Å². The summed E-state index contributed by atoms with van der Waals surface area (Å²) >= 11 is 0. The van der Waals surface area contributed by atoms with Gasteiger partial charge in [0.2, 0.25) is 0 Å². The maximum Gasteiger partial charge on any atom is 0 e. The van der Waals surface area contributed by atoms with Crippen LogP contribution in [-0.2, 0) is 32.7 Å². The van der Waals surface area contributed by atoms with Gasteiger partial charge in [-0.05, 0) is 32.0 Å². The van der Waals surface area contributed by atoms with Gasteiger partial charge in [-0.3, -0.25) is 0 Å². The predicted octanol–water partition coefficient (Wildman–Crippen LogP) is 0.549. The van der Waals surface area contributed by atoms with Crippen LogP contribution in [0.3, 0.4) is 0 Å². The second-order valence-corrected chi connectivity index (χ2v) is 3.33. The van der Waals surface area contributed by atoms with Gasteiger partial charge in [0.1, 0.15) is 0 Å². The van der Waals surface area contributed by atoms with E-state index in [1.54, 1.807) is 0 Å². The van der Waals surface area contributed by atoms with Crippen molar-refractivity contribution >= 4 is 0 Å². The van der Waals surface area contributed by atoms with Crippen molar-refractivity contribution in [2.75, 3.05) is 33.2 Å². The summed E-state index contributed by atoms with van der Waals surface area (Å²) in [4.78, 5) is 2.42. The topological polar surface area (TPSA) is 17.3 Å². The number of hydrogen-bond donors (Lipinski definition) is 0. The summed E-state index contributed by atoms with van der Waals surface area (Å²) in [6.45, 7) is 4.84. The first-order valence-corrected chi connectivity index (χ1v) is 3.68. The van der Waals surface area contributed by atoms with E-state index in [9.17, 15) is 0 Å². The van der Waals surface area contributed by atoms with Gasteiger partial charge < -0.3 is 10.2 Å². The molecule has 0 aromatic carbocycles. The molecular weight excluding hydrogens is 201 g/mol. The van der Waals surface area contributed by atoms with Gasteiger partial charge in [-0.2, -0.15) is 0 Å². The van der Waals surface area contributed by atoms with Gasteiger partial charge in [0.25, 0.3) is 0 Å². The first-order chi connectivity index (χ1) is 4.36. The molecule has 2 rings (SSSR count). The van der Waals surface area contributed by atoms with Crippen LogP contribution in [-0.4, -0.2) is 38.1 Å². The molecule has 10 heavy (non-hydrogen) atoms. The zero-order chi connectivity index (χ0) is 6.27. The summed E-state index contributed by atoms with van der Waals surface area (Å²) in [5, 5.41) is 4.38. The van der Waals surface area contributed by atoms with Crippen molar-refractivity contribution in [3.8, 4) is 0 Å². The summed E-state index contributed by atoms with van der Waals surface area (Å²) in [5.74, 6) is 1.82.